The first-order valence-corrected chi connectivity index (χ1v) is 10.5. The van der Waals surface area contributed by atoms with Crippen molar-refractivity contribution in [1.29, 1.82) is 0 Å². The number of piperazine rings is 1. The molecule has 2 aromatic rings. The molecule has 0 atom stereocenters. The highest BCUT2D eigenvalue weighted by Crippen LogP contribution is 2.27. The Morgan fingerprint density at radius 3 is 2.44 bits per heavy atom. The number of sulfonamides is 1. The van der Waals surface area contributed by atoms with Gasteiger partial charge in [0.2, 0.25) is 5.91 Å². The van der Waals surface area contributed by atoms with E-state index in [4.69, 9.17) is 0 Å². The molecule has 2 aromatic heterocycles. The molecule has 1 amide bonds. The Kier molecular flexibility index (Phi) is 5.58. The monoisotopic (exact) mass is 411 g/mol. The molecule has 0 saturated carbocycles. The largest absolute Gasteiger partial charge is 0.361 e. The molecule has 0 unspecified atom stereocenters. The number of anilines is 3. The van der Waals surface area contributed by atoms with Gasteiger partial charge in [-0.25, -0.2) is 13.4 Å². The molecule has 12 heteroatoms. The van der Waals surface area contributed by atoms with E-state index in [9.17, 15) is 13.2 Å². The molecular weight excluding hydrogens is 390 g/mol. The summed E-state index contributed by atoms with van der Waals surface area (Å²) in [5.74, 6) is 1.20. The van der Waals surface area contributed by atoms with Gasteiger partial charge in [0.25, 0.3) is 10.0 Å². The molecule has 1 fully saturated rings. The van der Waals surface area contributed by atoms with E-state index in [0.29, 0.717) is 26.2 Å². The Morgan fingerprint density at radius 2 is 1.89 bits per heavy atom. The highest BCUT2D eigenvalue weighted by atomic mass is 32.2. The molecule has 0 radical (unpaired) electrons. The number of rotatable bonds is 5. The molecule has 3 heterocycles. The topological polar surface area (TPSA) is 112 Å². The molecular formula is C15H21N7O3S2. The van der Waals surface area contributed by atoms with E-state index >= 15 is 0 Å². The van der Waals surface area contributed by atoms with Gasteiger partial charge < -0.3 is 15.1 Å². The summed E-state index contributed by atoms with van der Waals surface area (Å²) in [6, 6.07) is 3.77. The van der Waals surface area contributed by atoms with Gasteiger partial charge in [0.15, 0.2) is 21.0 Å². The van der Waals surface area contributed by atoms with Crippen LogP contribution in [0.5, 0.6) is 0 Å². The minimum absolute atomic E-state index is 0.120. The van der Waals surface area contributed by atoms with Crippen LogP contribution in [-0.4, -0.2) is 74.1 Å². The number of aromatic nitrogens is 3. The summed E-state index contributed by atoms with van der Waals surface area (Å²) in [4.78, 5) is 18.9. The molecule has 10 nitrogen and oxygen atoms in total. The lowest BCUT2D eigenvalue weighted by Crippen LogP contribution is -2.48. The first-order chi connectivity index (χ1) is 12.8. The number of nitrogens with one attached hydrogen (secondary N) is 1. The summed E-state index contributed by atoms with van der Waals surface area (Å²) in [5.41, 5.74) is 0. The molecule has 1 N–H and O–H groups in total. The smallest absolute Gasteiger partial charge is 0.254 e. The van der Waals surface area contributed by atoms with Crippen molar-refractivity contribution in [3.8, 4) is 0 Å². The van der Waals surface area contributed by atoms with Crippen molar-refractivity contribution in [3.63, 3.8) is 0 Å². The Hall–Kier alpha value is -2.31. The average molecular weight is 412 g/mol. The quantitative estimate of drug-likeness (QED) is 0.756. The van der Waals surface area contributed by atoms with Crippen molar-refractivity contribution < 1.29 is 13.2 Å². The van der Waals surface area contributed by atoms with E-state index in [0.717, 1.165) is 23.0 Å². The van der Waals surface area contributed by atoms with E-state index in [-0.39, 0.29) is 15.2 Å². The summed E-state index contributed by atoms with van der Waals surface area (Å²) in [5, 5.41) is 11.1. The number of carbonyl (C=O) groups excluding carboxylic acids is 1. The minimum atomic E-state index is -3.63. The summed E-state index contributed by atoms with van der Waals surface area (Å²) >= 11 is 0.950. The Balaban J connectivity index is 1.65. The molecule has 27 heavy (non-hydrogen) atoms. The molecule has 1 aliphatic rings. The molecule has 0 aromatic carbocycles. The summed E-state index contributed by atoms with van der Waals surface area (Å²) in [7, 11) is 0.154. The second-order valence-corrected chi connectivity index (χ2v) is 9.40. The third kappa shape index (κ3) is 4.34. The highest BCUT2D eigenvalue weighted by Gasteiger charge is 2.30. The second-order valence-electron chi connectivity index (χ2n) is 6.20. The van der Waals surface area contributed by atoms with Crippen molar-refractivity contribution in [1.82, 2.24) is 19.5 Å². The highest BCUT2D eigenvalue weighted by molar-refractivity contribution is 7.91. The fraction of sp³-hybridized carbons (Fsp3) is 0.467. The number of hydrogen-bond donors (Lipinski definition) is 1. The Morgan fingerprint density at radius 1 is 1.19 bits per heavy atom. The molecule has 0 bridgehead atoms. The van der Waals surface area contributed by atoms with E-state index in [1.807, 2.05) is 36.0 Å². The number of thiazole rings is 1. The first kappa shape index (κ1) is 19.5. The van der Waals surface area contributed by atoms with Crippen LogP contribution in [0, 0.1) is 0 Å². The van der Waals surface area contributed by atoms with E-state index in [1.54, 1.807) is 0 Å². The minimum Gasteiger partial charge on any atom is -0.361 e. The van der Waals surface area contributed by atoms with E-state index in [2.05, 4.69) is 20.5 Å². The molecule has 0 aliphatic carbocycles. The molecule has 1 aliphatic heterocycles. The standard InChI is InChI=1S/C15H21N7O3S2/c1-11(23)17-15-16-10-14(26-15)27(24,25)22-8-6-21(7-9-22)13-5-4-12(18-19-13)20(2)3/h4-5,10H,6-9H2,1-3H3,(H,16,17,23). The summed E-state index contributed by atoms with van der Waals surface area (Å²) in [6.45, 7) is 3.07. The third-order valence-electron chi connectivity index (χ3n) is 4.02. The van der Waals surface area contributed by atoms with Gasteiger partial charge in [-0.15, -0.1) is 10.2 Å². The SMILES string of the molecule is CC(=O)Nc1ncc(S(=O)(=O)N2CCN(c3ccc(N(C)C)nn3)CC2)s1. The number of nitrogens with zero attached hydrogens (tertiary/aromatic N) is 6. The number of amides is 1. The second kappa shape index (κ2) is 7.74. The first-order valence-electron chi connectivity index (χ1n) is 8.27. The number of carbonyl (C=O) groups is 1. The normalized spacial score (nSPS) is 15.6. The zero-order chi connectivity index (χ0) is 19.6. The summed E-state index contributed by atoms with van der Waals surface area (Å²) < 4.78 is 27.1. The Bertz CT molecular complexity index is 904. The maximum Gasteiger partial charge on any atom is 0.254 e. The van der Waals surface area contributed by atoms with Crippen LogP contribution in [0.15, 0.2) is 22.5 Å². The van der Waals surface area contributed by atoms with Gasteiger partial charge in [-0.05, 0) is 12.1 Å². The van der Waals surface area contributed by atoms with Gasteiger partial charge in [-0.2, -0.15) is 4.31 Å². The van der Waals surface area contributed by atoms with E-state index in [1.165, 1.54) is 17.4 Å². The zero-order valence-corrected chi connectivity index (χ0v) is 16.9. The predicted molar refractivity (Wildman–Crippen MR) is 104 cm³/mol. The molecule has 1 saturated heterocycles. The van der Waals surface area contributed by atoms with Crippen LogP contribution in [0.25, 0.3) is 0 Å². The van der Waals surface area contributed by atoms with E-state index < -0.39 is 10.0 Å². The zero-order valence-electron chi connectivity index (χ0n) is 15.3. The maximum absolute atomic E-state index is 12.8. The van der Waals surface area contributed by atoms with Gasteiger partial charge in [0, 0.05) is 47.2 Å². The predicted octanol–water partition coefficient (Wildman–Crippen LogP) is 0.468. The van der Waals surface area contributed by atoms with Crippen molar-refractivity contribution >= 4 is 44.0 Å². The van der Waals surface area contributed by atoms with Crippen molar-refractivity contribution in [3.05, 3.63) is 18.3 Å². The van der Waals surface area contributed by atoms with Crippen LogP contribution in [-0.2, 0) is 14.8 Å². The maximum atomic E-state index is 12.8. The van der Waals surface area contributed by atoms with Crippen LogP contribution in [0.2, 0.25) is 0 Å². The van der Waals surface area contributed by atoms with Crippen molar-refractivity contribution in [2.24, 2.45) is 0 Å². The van der Waals surface area contributed by atoms with Crippen LogP contribution < -0.4 is 15.1 Å². The summed E-state index contributed by atoms with van der Waals surface area (Å²) in [6.07, 6.45) is 1.28. The Labute approximate surface area is 161 Å². The third-order valence-corrected chi connectivity index (χ3v) is 7.27. The van der Waals surface area contributed by atoms with Crippen LogP contribution >= 0.6 is 11.3 Å². The fourth-order valence-electron chi connectivity index (χ4n) is 2.60. The van der Waals surface area contributed by atoms with Crippen LogP contribution in [0.1, 0.15) is 6.92 Å². The molecule has 3 rings (SSSR count). The van der Waals surface area contributed by atoms with Gasteiger partial charge >= 0.3 is 0 Å². The van der Waals surface area contributed by atoms with Gasteiger partial charge in [-0.3, -0.25) is 4.79 Å². The van der Waals surface area contributed by atoms with Crippen molar-refractivity contribution in [2.45, 2.75) is 11.1 Å². The molecule has 0 spiro atoms. The lowest BCUT2D eigenvalue weighted by atomic mass is 10.3. The lowest BCUT2D eigenvalue weighted by Gasteiger charge is -2.34. The van der Waals surface area contributed by atoms with Crippen LogP contribution in [0.3, 0.4) is 0 Å². The van der Waals surface area contributed by atoms with Crippen LogP contribution in [0.4, 0.5) is 16.8 Å². The average Bonchev–Trinajstić information content (AvgIpc) is 3.10. The lowest BCUT2D eigenvalue weighted by molar-refractivity contribution is -0.114. The van der Waals surface area contributed by atoms with Gasteiger partial charge in [0.1, 0.15) is 0 Å². The fourth-order valence-corrected chi connectivity index (χ4v) is 5.25. The van der Waals surface area contributed by atoms with Gasteiger partial charge in [-0.1, -0.05) is 11.3 Å². The number of hydrogen-bond acceptors (Lipinski definition) is 9. The molecule has 146 valence electrons. The van der Waals surface area contributed by atoms with Crippen molar-refractivity contribution in [2.75, 3.05) is 55.4 Å². The van der Waals surface area contributed by atoms with Gasteiger partial charge in [0.05, 0.1) is 6.20 Å².